The number of aryl methyl sites for hydroxylation is 1. The number of aromatic carboxylic acids is 1. The third-order valence-corrected chi connectivity index (χ3v) is 7.07. The molecule has 1 N–H and O–H groups in total. The molecule has 190 valence electrons. The van der Waals surface area contributed by atoms with E-state index in [9.17, 15) is 9.59 Å². The van der Waals surface area contributed by atoms with Gasteiger partial charge in [0.2, 0.25) is 0 Å². The van der Waals surface area contributed by atoms with Crippen LogP contribution in [0.2, 0.25) is 0 Å². The van der Waals surface area contributed by atoms with Crippen LogP contribution in [-0.2, 0) is 28.9 Å². The number of carboxylic acids is 1. The number of unbranched alkanes of at least 4 members (excludes halogenated alkanes) is 1. The Balaban J connectivity index is 1.62. The van der Waals surface area contributed by atoms with Crippen molar-refractivity contribution in [2.45, 2.75) is 39.2 Å². The predicted octanol–water partition coefficient (Wildman–Crippen LogP) is 6.50. The predicted molar refractivity (Wildman–Crippen MR) is 147 cm³/mol. The Morgan fingerprint density at radius 2 is 1.76 bits per heavy atom. The molecule has 0 amide bonds. The van der Waals surface area contributed by atoms with E-state index >= 15 is 0 Å². The summed E-state index contributed by atoms with van der Waals surface area (Å²) in [6, 6.07) is 19.1. The maximum Gasteiger partial charge on any atom is 0.335 e. The summed E-state index contributed by atoms with van der Waals surface area (Å²) in [6.07, 6.45) is 7.20. The number of carbonyl (C=O) groups is 2. The van der Waals surface area contributed by atoms with Crippen molar-refractivity contribution in [2.24, 2.45) is 0 Å². The average molecular weight is 515 g/mol. The number of methoxy groups -OCH3 is 1. The molecular weight excluding hydrogens is 484 g/mol. The molecule has 0 aliphatic heterocycles. The van der Waals surface area contributed by atoms with Crippen LogP contribution < -0.4 is 0 Å². The lowest BCUT2D eigenvalue weighted by atomic mass is 10.0. The van der Waals surface area contributed by atoms with E-state index in [2.05, 4.69) is 23.6 Å². The zero-order chi connectivity index (χ0) is 26.2. The number of nitrogens with zero attached hydrogens (tertiary/aromatic N) is 2. The molecule has 0 atom stereocenters. The van der Waals surface area contributed by atoms with E-state index < -0.39 is 5.97 Å². The standard InChI is InChI=1S/C30H30N2O4S/c1-3-4-7-28-31-19-26(17-25(30(35)36-2)18-27-6-5-16-37-27)32(28)20-21-8-10-22(11-9-21)23-12-14-24(15-13-23)29(33)34/h5-6,8-17,19H,3-4,7,18,20H2,1-2H3,(H,33,34)/b25-17+. The highest BCUT2D eigenvalue weighted by Crippen LogP contribution is 2.23. The molecule has 0 aliphatic rings. The minimum Gasteiger partial charge on any atom is -0.478 e. The number of rotatable bonds is 11. The fourth-order valence-corrected chi connectivity index (χ4v) is 4.87. The van der Waals surface area contributed by atoms with E-state index in [4.69, 9.17) is 14.8 Å². The minimum absolute atomic E-state index is 0.270. The Bertz CT molecular complexity index is 1370. The number of ether oxygens (including phenoxy) is 1. The molecule has 0 saturated carbocycles. The van der Waals surface area contributed by atoms with Crippen molar-refractivity contribution in [3.8, 4) is 11.1 Å². The lowest BCUT2D eigenvalue weighted by molar-refractivity contribution is -0.136. The first-order chi connectivity index (χ1) is 18.0. The van der Waals surface area contributed by atoms with E-state index in [1.165, 1.54) is 7.11 Å². The molecule has 0 saturated heterocycles. The van der Waals surface area contributed by atoms with E-state index in [-0.39, 0.29) is 11.5 Å². The van der Waals surface area contributed by atoms with E-state index in [1.54, 1.807) is 23.5 Å². The van der Waals surface area contributed by atoms with Crippen LogP contribution in [0, 0.1) is 0 Å². The van der Waals surface area contributed by atoms with Crippen molar-refractivity contribution in [3.05, 3.63) is 105 Å². The highest BCUT2D eigenvalue weighted by Gasteiger charge is 2.15. The summed E-state index contributed by atoms with van der Waals surface area (Å²) in [4.78, 5) is 29.5. The van der Waals surface area contributed by atoms with Gasteiger partial charge in [-0.25, -0.2) is 14.6 Å². The summed E-state index contributed by atoms with van der Waals surface area (Å²) in [7, 11) is 1.41. The highest BCUT2D eigenvalue weighted by molar-refractivity contribution is 7.09. The minimum atomic E-state index is -0.934. The number of esters is 1. The van der Waals surface area contributed by atoms with Gasteiger partial charge in [0.1, 0.15) is 5.82 Å². The summed E-state index contributed by atoms with van der Waals surface area (Å²) in [5.74, 6) is -0.284. The molecule has 7 heteroatoms. The van der Waals surface area contributed by atoms with Crippen LogP contribution in [0.5, 0.6) is 0 Å². The first kappa shape index (κ1) is 26.1. The lowest BCUT2D eigenvalue weighted by Gasteiger charge is -2.12. The second kappa shape index (κ2) is 12.3. The molecule has 2 aromatic heterocycles. The van der Waals surface area contributed by atoms with Gasteiger partial charge in [-0.05, 0) is 52.8 Å². The molecule has 4 rings (SSSR count). The fraction of sp³-hybridized carbons (Fsp3) is 0.233. The molecule has 37 heavy (non-hydrogen) atoms. The van der Waals surface area contributed by atoms with E-state index in [1.807, 2.05) is 54.1 Å². The van der Waals surface area contributed by atoms with Gasteiger partial charge in [0.25, 0.3) is 0 Å². The molecule has 0 radical (unpaired) electrons. The number of aromatic nitrogens is 2. The van der Waals surface area contributed by atoms with Gasteiger partial charge in [-0.3, -0.25) is 0 Å². The Morgan fingerprint density at radius 3 is 2.35 bits per heavy atom. The monoisotopic (exact) mass is 514 g/mol. The number of carbonyl (C=O) groups excluding carboxylic acids is 1. The molecule has 6 nitrogen and oxygen atoms in total. The van der Waals surface area contributed by atoms with Gasteiger partial charge in [-0.1, -0.05) is 55.8 Å². The lowest BCUT2D eigenvalue weighted by Crippen LogP contribution is -2.10. The number of imidazole rings is 1. The van der Waals surface area contributed by atoms with E-state index in [0.29, 0.717) is 18.5 Å². The van der Waals surface area contributed by atoms with Crippen LogP contribution >= 0.6 is 11.3 Å². The molecular formula is C30H30N2O4S. The smallest absolute Gasteiger partial charge is 0.335 e. The van der Waals surface area contributed by atoms with Gasteiger partial charge in [-0.15, -0.1) is 11.3 Å². The van der Waals surface area contributed by atoms with Crippen molar-refractivity contribution < 1.29 is 19.4 Å². The topological polar surface area (TPSA) is 81.4 Å². The quantitative estimate of drug-likeness (QED) is 0.183. The van der Waals surface area contributed by atoms with Gasteiger partial charge in [0, 0.05) is 29.8 Å². The second-order valence-corrected chi connectivity index (χ2v) is 9.82. The van der Waals surface area contributed by atoms with Crippen LogP contribution in [0.25, 0.3) is 17.2 Å². The summed E-state index contributed by atoms with van der Waals surface area (Å²) >= 11 is 1.61. The molecule has 0 bridgehead atoms. The third kappa shape index (κ3) is 6.62. The normalized spacial score (nSPS) is 11.5. The Morgan fingerprint density at radius 1 is 1.05 bits per heavy atom. The summed E-state index contributed by atoms with van der Waals surface area (Å²) in [6.45, 7) is 2.78. The molecule has 2 heterocycles. The zero-order valence-corrected chi connectivity index (χ0v) is 21.8. The van der Waals surface area contributed by atoms with Crippen LogP contribution in [0.3, 0.4) is 0 Å². The summed E-state index contributed by atoms with van der Waals surface area (Å²) in [5, 5.41) is 11.1. The molecule has 0 spiro atoms. The third-order valence-electron chi connectivity index (χ3n) is 6.20. The number of benzene rings is 2. The molecule has 0 aliphatic carbocycles. The number of hydrogen-bond donors (Lipinski definition) is 1. The van der Waals surface area contributed by atoms with Gasteiger partial charge in [0.05, 0.1) is 24.6 Å². The number of hydrogen-bond acceptors (Lipinski definition) is 5. The Hall–Kier alpha value is -3.97. The van der Waals surface area contributed by atoms with Crippen molar-refractivity contribution in [1.29, 1.82) is 0 Å². The Kier molecular flexibility index (Phi) is 8.69. The highest BCUT2D eigenvalue weighted by atomic mass is 32.1. The summed E-state index contributed by atoms with van der Waals surface area (Å²) < 4.78 is 7.24. The molecule has 4 aromatic rings. The van der Waals surface area contributed by atoms with Gasteiger partial charge in [0.15, 0.2) is 0 Å². The molecule has 0 fully saturated rings. The van der Waals surface area contributed by atoms with Gasteiger partial charge in [-0.2, -0.15) is 0 Å². The van der Waals surface area contributed by atoms with Crippen LogP contribution in [-0.4, -0.2) is 33.7 Å². The van der Waals surface area contributed by atoms with Gasteiger partial charge >= 0.3 is 11.9 Å². The second-order valence-electron chi connectivity index (χ2n) is 8.79. The van der Waals surface area contributed by atoms with Crippen molar-refractivity contribution in [1.82, 2.24) is 9.55 Å². The van der Waals surface area contributed by atoms with Crippen molar-refractivity contribution in [3.63, 3.8) is 0 Å². The first-order valence-corrected chi connectivity index (χ1v) is 13.1. The maximum atomic E-state index is 12.6. The van der Waals surface area contributed by atoms with Crippen LogP contribution in [0.4, 0.5) is 0 Å². The number of carboxylic acid groups (broad SMARTS) is 1. The summed E-state index contributed by atoms with van der Waals surface area (Å²) in [5.41, 5.74) is 4.81. The largest absolute Gasteiger partial charge is 0.478 e. The fourth-order valence-electron chi connectivity index (χ4n) is 4.14. The zero-order valence-electron chi connectivity index (χ0n) is 21.0. The number of thiophene rings is 1. The average Bonchev–Trinajstić information content (AvgIpc) is 3.57. The van der Waals surface area contributed by atoms with E-state index in [0.717, 1.165) is 52.3 Å². The van der Waals surface area contributed by atoms with Crippen LogP contribution in [0.1, 0.15) is 52.1 Å². The van der Waals surface area contributed by atoms with Gasteiger partial charge < -0.3 is 14.4 Å². The van der Waals surface area contributed by atoms with Crippen molar-refractivity contribution in [2.75, 3.05) is 7.11 Å². The Labute approximate surface area is 220 Å². The maximum absolute atomic E-state index is 12.6. The van der Waals surface area contributed by atoms with Crippen LogP contribution in [0.15, 0.2) is 77.8 Å². The molecule has 0 unspecified atom stereocenters. The molecule has 2 aromatic carbocycles. The SMILES string of the molecule is CCCCc1ncc(/C=C(\Cc2cccs2)C(=O)OC)n1Cc1ccc(-c2ccc(C(=O)O)cc2)cc1. The van der Waals surface area contributed by atoms with Crippen molar-refractivity contribution >= 4 is 29.4 Å². The first-order valence-electron chi connectivity index (χ1n) is 12.3.